The Morgan fingerprint density at radius 1 is 0.767 bits per heavy atom. The highest BCUT2D eigenvalue weighted by Gasteiger charge is 2.20. The van der Waals surface area contributed by atoms with Crippen molar-refractivity contribution in [1.29, 1.82) is 0 Å². The van der Waals surface area contributed by atoms with Crippen LogP contribution in [0.5, 0.6) is 0 Å². The van der Waals surface area contributed by atoms with E-state index in [1.165, 1.54) is 35.1 Å². The summed E-state index contributed by atoms with van der Waals surface area (Å²) in [5.74, 6) is 0.990. The highest BCUT2D eigenvalue weighted by Crippen LogP contribution is 2.26. The summed E-state index contributed by atoms with van der Waals surface area (Å²) in [7, 11) is 1.62. The van der Waals surface area contributed by atoms with E-state index in [0.29, 0.717) is 18.1 Å². The van der Waals surface area contributed by atoms with Gasteiger partial charge in [0.05, 0.1) is 0 Å². The van der Waals surface area contributed by atoms with Crippen LogP contribution in [-0.2, 0) is 25.9 Å². The summed E-state index contributed by atoms with van der Waals surface area (Å²) in [6, 6.07) is 25.0. The van der Waals surface area contributed by atoms with Crippen molar-refractivity contribution in [3.05, 3.63) is 101 Å². The van der Waals surface area contributed by atoms with Crippen molar-refractivity contribution in [2.45, 2.75) is 58.0 Å². The minimum absolute atomic E-state index is 0. The van der Waals surface area contributed by atoms with E-state index in [9.17, 15) is 9.59 Å². The zero-order valence-corrected chi connectivity index (χ0v) is 26.9. The number of Topliss-reactive ketones (excluding diaryl/α,β-unsaturated/α-hetero) is 1. The zero-order valence-electron chi connectivity index (χ0n) is 25.2. The second kappa shape index (κ2) is 17.4. The molecule has 0 bridgehead atoms. The first-order valence-electron chi connectivity index (χ1n) is 15.3. The first kappa shape index (κ1) is 34.6. The number of anilines is 1. The number of piperidine rings is 1. The van der Waals surface area contributed by atoms with Crippen molar-refractivity contribution in [3.8, 4) is 0 Å². The van der Waals surface area contributed by atoms with Crippen LogP contribution in [0.4, 0.5) is 10.5 Å². The largest absolute Gasteiger partial charge is 0.341 e. The van der Waals surface area contributed by atoms with Crippen LogP contribution in [0.2, 0.25) is 0 Å². The molecule has 3 aromatic rings. The first-order chi connectivity index (χ1) is 20.1. The topological polar surface area (TPSA) is 64.7 Å². The predicted molar refractivity (Wildman–Crippen MR) is 181 cm³/mol. The molecule has 0 spiro atoms. The Kier molecular flexibility index (Phi) is 14.0. The van der Waals surface area contributed by atoms with E-state index in [1.54, 1.807) is 7.05 Å². The molecule has 5 rings (SSSR count). The maximum Gasteiger partial charge on any atom is 0.318 e. The van der Waals surface area contributed by atoms with Gasteiger partial charge in [-0.05, 0) is 98.0 Å². The number of nitrogens with one attached hydrogen (secondary N) is 2. The van der Waals surface area contributed by atoms with Crippen molar-refractivity contribution < 1.29 is 9.59 Å². The number of halogens is 2. The second-order valence-electron chi connectivity index (χ2n) is 11.7. The molecule has 0 unspecified atom stereocenters. The summed E-state index contributed by atoms with van der Waals surface area (Å²) >= 11 is 0. The Morgan fingerprint density at radius 2 is 1.44 bits per heavy atom. The fraction of sp³-hybridized carbons (Fsp3) is 0.429. The normalized spacial score (nSPS) is 15.7. The third-order valence-electron chi connectivity index (χ3n) is 8.71. The van der Waals surface area contributed by atoms with Gasteiger partial charge in [0.15, 0.2) is 5.78 Å². The molecule has 1 fully saturated rings. The van der Waals surface area contributed by atoms with E-state index >= 15 is 0 Å². The molecule has 2 aliphatic heterocycles. The molecule has 43 heavy (non-hydrogen) atoms. The number of fused-ring (bicyclic) bond motifs is 1. The molecule has 6 nitrogen and oxygen atoms in total. The van der Waals surface area contributed by atoms with Gasteiger partial charge in [-0.3, -0.25) is 14.6 Å². The number of urea groups is 1. The van der Waals surface area contributed by atoms with Crippen molar-refractivity contribution in [2.75, 3.05) is 38.5 Å². The molecule has 2 amide bonds. The Bertz CT molecular complexity index is 1310. The molecule has 0 atom stereocenters. The lowest BCUT2D eigenvalue weighted by molar-refractivity contribution is 0.0974. The van der Waals surface area contributed by atoms with Crippen LogP contribution in [0.3, 0.4) is 0 Å². The van der Waals surface area contributed by atoms with Gasteiger partial charge in [-0.1, -0.05) is 54.6 Å². The number of ketones is 1. The van der Waals surface area contributed by atoms with Gasteiger partial charge in [0.1, 0.15) is 0 Å². The number of hydrogen-bond donors (Lipinski definition) is 2. The fourth-order valence-electron chi connectivity index (χ4n) is 6.27. The maximum atomic E-state index is 13.1. The van der Waals surface area contributed by atoms with Crippen LogP contribution < -0.4 is 10.6 Å². The summed E-state index contributed by atoms with van der Waals surface area (Å²) in [4.78, 5) is 29.7. The minimum atomic E-state index is -0.200. The monoisotopic (exact) mass is 624 g/mol. The summed E-state index contributed by atoms with van der Waals surface area (Å²) in [6.07, 6.45) is 7.17. The van der Waals surface area contributed by atoms with E-state index in [1.807, 2.05) is 12.1 Å². The molecule has 0 aliphatic carbocycles. The standard InChI is InChI=1S/C35H44N4O2.2ClH/c1-36-35(41)37-33-11-5-10-29(23-33)26-38-19-15-27(16-20-38)9-6-12-34(40)32-14-13-30-17-21-39(22-18-31(30)24-32)25-28-7-3-2-4-8-28;;/h2-5,7-8,10-11,13-14,23-24,27H,6,9,12,15-22,25-26H2,1H3,(H2,36,37,41);2*1H. The maximum absolute atomic E-state index is 13.1. The van der Waals surface area contributed by atoms with Crippen molar-refractivity contribution in [1.82, 2.24) is 15.1 Å². The Balaban J connectivity index is 0.00000253. The lowest BCUT2D eigenvalue weighted by atomic mass is 9.90. The zero-order chi connectivity index (χ0) is 28.4. The number of carbonyl (C=O) groups is 2. The molecular weight excluding hydrogens is 579 g/mol. The smallest absolute Gasteiger partial charge is 0.318 e. The average molecular weight is 626 g/mol. The molecule has 2 aliphatic rings. The number of nitrogens with zero attached hydrogens (tertiary/aromatic N) is 2. The second-order valence-corrected chi connectivity index (χ2v) is 11.7. The van der Waals surface area contributed by atoms with Crippen LogP contribution >= 0.6 is 24.8 Å². The third-order valence-corrected chi connectivity index (χ3v) is 8.71. The van der Waals surface area contributed by atoms with Gasteiger partial charge in [-0.25, -0.2) is 4.79 Å². The number of rotatable bonds is 10. The van der Waals surface area contributed by atoms with Gasteiger partial charge >= 0.3 is 6.03 Å². The SMILES string of the molecule is CNC(=O)Nc1cccc(CN2CCC(CCCC(=O)c3ccc4c(c3)CCN(Cc3ccccc3)CC4)CC2)c1.Cl.Cl. The van der Waals surface area contributed by atoms with E-state index in [2.05, 4.69) is 81.1 Å². The molecule has 2 heterocycles. The van der Waals surface area contributed by atoms with Crippen molar-refractivity contribution in [2.24, 2.45) is 5.92 Å². The van der Waals surface area contributed by atoms with Crippen LogP contribution in [0.1, 0.15) is 64.7 Å². The van der Waals surface area contributed by atoms with E-state index in [0.717, 1.165) is 76.2 Å². The fourth-order valence-corrected chi connectivity index (χ4v) is 6.27. The molecule has 3 aromatic carbocycles. The summed E-state index contributed by atoms with van der Waals surface area (Å²) in [5.41, 5.74) is 7.05. The van der Waals surface area contributed by atoms with Gasteiger partial charge in [-0.15, -0.1) is 24.8 Å². The Morgan fingerprint density at radius 3 is 2.19 bits per heavy atom. The van der Waals surface area contributed by atoms with Crippen LogP contribution in [0.15, 0.2) is 72.8 Å². The van der Waals surface area contributed by atoms with Gasteiger partial charge in [0, 0.05) is 50.9 Å². The first-order valence-corrected chi connectivity index (χ1v) is 15.3. The Hall–Kier alpha value is -2.90. The molecule has 232 valence electrons. The summed E-state index contributed by atoms with van der Waals surface area (Å²) in [6.45, 7) is 6.15. The molecule has 1 saturated heterocycles. The molecule has 0 radical (unpaired) electrons. The molecule has 0 saturated carbocycles. The van der Waals surface area contributed by atoms with E-state index < -0.39 is 0 Å². The number of hydrogen-bond acceptors (Lipinski definition) is 4. The lowest BCUT2D eigenvalue weighted by Crippen LogP contribution is -2.33. The van der Waals surface area contributed by atoms with Crippen LogP contribution in [-0.4, -0.2) is 54.8 Å². The van der Waals surface area contributed by atoms with Crippen LogP contribution in [0, 0.1) is 5.92 Å². The van der Waals surface area contributed by atoms with E-state index in [-0.39, 0.29) is 30.8 Å². The van der Waals surface area contributed by atoms with Gasteiger partial charge < -0.3 is 10.6 Å². The third kappa shape index (κ3) is 10.4. The number of benzene rings is 3. The quantitative estimate of drug-likeness (QED) is 0.235. The highest BCUT2D eigenvalue weighted by atomic mass is 35.5. The lowest BCUT2D eigenvalue weighted by Gasteiger charge is -2.32. The predicted octanol–water partition coefficient (Wildman–Crippen LogP) is 7.15. The Labute approximate surface area is 269 Å². The number of carbonyl (C=O) groups excluding carboxylic acids is 2. The summed E-state index contributed by atoms with van der Waals surface area (Å²) in [5, 5.41) is 5.44. The minimum Gasteiger partial charge on any atom is -0.341 e. The van der Waals surface area contributed by atoms with Gasteiger partial charge in [0.25, 0.3) is 0 Å². The number of likely N-dealkylation sites (tertiary alicyclic amines) is 1. The molecule has 0 aromatic heterocycles. The highest BCUT2D eigenvalue weighted by molar-refractivity contribution is 5.96. The van der Waals surface area contributed by atoms with Gasteiger partial charge in [-0.2, -0.15) is 0 Å². The average Bonchev–Trinajstić information content (AvgIpc) is 3.20. The van der Waals surface area contributed by atoms with Crippen molar-refractivity contribution in [3.63, 3.8) is 0 Å². The van der Waals surface area contributed by atoms with Crippen molar-refractivity contribution >= 4 is 42.3 Å². The van der Waals surface area contributed by atoms with E-state index in [4.69, 9.17) is 0 Å². The van der Waals surface area contributed by atoms with Gasteiger partial charge in [0.2, 0.25) is 0 Å². The molecule has 2 N–H and O–H groups in total. The summed E-state index contributed by atoms with van der Waals surface area (Å²) < 4.78 is 0. The molecule has 8 heteroatoms. The van der Waals surface area contributed by atoms with Crippen LogP contribution in [0.25, 0.3) is 0 Å². The number of amides is 2. The molecular formula is C35H46Cl2N4O2.